The maximum atomic E-state index is 13.6. The first kappa shape index (κ1) is 25.9. The first-order chi connectivity index (χ1) is 15.0. The Labute approximate surface area is 190 Å². The molecule has 1 saturated heterocycles. The average Bonchev–Trinajstić information content (AvgIpc) is 2.94. The number of esters is 2. The first-order valence-corrected chi connectivity index (χ1v) is 12.2. The molecule has 9 heteroatoms. The van der Waals surface area contributed by atoms with Gasteiger partial charge in [-0.15, -0.1) is 0 Å². The number of methoxy groups -OCH3 is 1. The highest BCUT2D eigenvalue weighted by Gasteiger charge is 2.43. The molecule has 178 valence electrons. The maximum Gasteiger partial charge on any atom is 0.330 e. The fraction of sp³-hybridized carbons (Fsp3) is 0.565. The van der Waals surface area contributed by atoms with E-state index in [0.717, 1.165) is 0 Å². The number of sulfonamides is 1. The van der Waals surface area contributed by atoms with E-state index < -0.39 is 39.5 Å². The average molecular weight is 468 g/mol. The van der Waals surface area contributed by atoms with Crippen molar-refractivity contribution in [1.29, 1.82) is 0 Å². The lowest BCUT2D eigenvalue weighted by atomic mass is 9.94. The van der Waals surface area contributed by atoms with Crippen LogP contribution in [0.4, 0.5) is 0 Å². The number of nitrogens with zero attached hydrogens (tertiary/aromatic N) is 1. The molecule has 2 atom stereocenters. The predicted molar refractivity (Wildman–Crippen MR) is 120 cm³/mol. The topological polar surface area (TPSA) is 99.2 Å². The highest BCUT2D eigenvalue weighted by molar-refractivity contribution is 7.89. The van der Waals surface area contributed by atoms with Gasteiger partial charge in [0, 0.05) is 18.5 Å². The number of hydrogen-bond acceptors (Lipinski definition) is 7. The number of carbonyl (C=O) groups excluding carboxylic acids is 2. The lowest BCUT2D eigenvalue weighted by Gasteiger charge is -2.33. The van der Waals surface area contributed by atoms with Gasteiger partial charge in [0.15, 0.2) is 0 Å². The molecule has 0 aliphatic carbocycles. The van der Waals surface area contributed by atoms with E-state index in [9.17, 15) is 18.0 Å². The van der Waals surface area contributed by atoms with Gasteiger partial charge in [-0.25, -0.2) is 13.2 Å². The Morgan fingerprint density at radius 3 is 2.38 bits per heavy atom. The Morgan fingerprint density at radius 2 is 1.81 bits per heavy atom. The Bertz CT molecular complexity index is 917. The molecular weight excluding hydrogens is 434 g/mol. The van der Waals surface area contributed by atoms with Gasteiger partial charge in [-0.05, 0) is 64.8 Å². The maximum absolute atomic E-state index is 13.6. The Morgan fingerprint density at radius 1 is 1.16 bits per heavy atom. The van der Waals surface area contributed by atoms with Crippen molar-refractivity contribution >= 4 is 22.0 Å². The third kappa shape index (κ3) is 6.80. The summed E-state index contributed by atoms with van der Waals surface area (Å²) >= 11 is 0. The van der Waals surface area contributed by atoms with Crippen molar-refractivity contribution in [2.75, 3.05) is 20.3 Å². The summed E-state index contributed by atoms with van der Waals surface area (Å²) in [6, 6.07) is 4.93. The molecule has 8 nitrogen and oxygen atoms in total. The molecule has 0 bridgehead atoms. The number of ether oxygens (including phenoxy) is 3. The minimum Gasteiger partial charge on any atom is -0.497 e. The Balaban J connectivity index is 2.49. The Hall–Kier alpha value is -2.39. The second-order valence-corrected chi connectivity index (χ2v) is 10.4. The van der Waals surface area contributed by atoms with Gasteiger partial charge in [0.2, 0.25) is 10.0 Å². The molecule has 0 spiro atoms. The largest absolute Gasteiger partial charge is 0.497 e. The van der Waals surface area contributed by atoms with Crippen LogP contribution < -0.4 is 4.74 Å². The molecular formula is C23H33NO7S. The van der Waals surface area contributed by atoms with Crippen molar-refractivity contribution in [2.45, 2.75) is 63.5 Å². The van der Waals surface area contributed by atoms with E-state index >= 15 is 0 Å². The van der Waals surface area contributed by atoms with E-state index in [0.29, 0.717) is 25.0 Å². The molecule has 0 saturated carbocycles. The molecule has 1 aromatic rings. The number of benzene rings is 1. The Kier molecular flexibility index (Phi) is 8.86. The summed E-state index contributed by atoms with van der Waals surface area (Å²) in [6.07, 6.45) is 4.64. The first-order valence-electron chi connectivity index (χ1n) is 10.7. The molecule has 1 fully saturated rings. The normalized spacial score (nSPS) is 20.5. The summed E-state index contributed by atoms with van der Waals surface area (Å²) in [7, 11) is -2.52. The van der Waals surface area contributed by atoms with Gasteiger partial charge in [-0.1, -0.05) is 12.5 Å². The molecule has 2 rings (SSSR count). The van der Waals surface area contributed by atoms with Crippen LogP contribution in [0, 0.1) is 5.92 Å². The van der Waals surface area contributed by atoms with Crippen LogP contribution in [0.2, 0.25) is 0 Å². The van der Waals surface area contributed by atoms with E-state index in [1.54, 1.807) is 45.9 Å². The summed E-state index contributed by atoms with van der Waals surface area (Å²) in [6.45, 7) is 7.28. The molecule has 1 aliphatic rings. The predicted octanol–water partition coefficient (Wildman–Crippen LogP) is 3.32. The van der Waals surface area contributed by atoms with E-state index in [-0.39, 0.29) is 18.0 Å². The van der Waals surface area contributed by atoms with Gasteiger partial charge in [0.05, 0.1) is 18.6 Å². The van der Waals surface area contributed by atoms with E-state index in [1.807, 2.05) is 0 Å². The number of rotatable bonds is 7. The van der Waals surface area contributed by atoms with Crippen molar-refractivity contribution in [3.63, 3.8) is 0 Å². The summed E-state index contributed by atoms with van der Waals surface area (Å²) < 4.78 is 44.0. The van der Waals surface area contributed by atoms with Gasteiger partial charge in [-0.2, -0.15) is 4.31 Å². The minimum absolute atomic E-state index is 0.0573. The van der Waals surface area contributed by atoms with Crippen LogP contribution >= 0.6 is 0 Å². The van der Waals surface area contributed by atoms with Gasteiger partial charge in [0.1, 0.15) is 17.4 Å². The monoisotopic (exact) mass is 467 g/mol. The highest BCUT2D eigenvalue weighted by atomic mass is 32.2. The minimum atomic E-state index is -4.01. The lowest BCUT2D eigenvalue weighted by Crippen LogP contribution is -2.50. The molecule has 2 unspecified atom stereocenters. The highest BCUT2D eigenvalue weighted by Crippen LogP contribution is 2.32. The van der Waals surface area contributed by atoms with E-state index in [2.05, 4.69) is 0 Å². The third-order valence-corrected chi connectivity index (χ3v) is 6.86. The third-order valence-electron chi connectivity index (χ3n) is 4.96. The SMILES string of the molecule is CCOC(=O)C=CC1CCCCN(S(=O)(=O)c2ccc(OC)cc2)C1C(=O)OC(C)(C)C. The van der Waals surface area contributed by atoms with Crippen LogP contribution in [0.25, 0.3) is 0 Å². The van der Waals surface area contributed by atoms with Gasteiger partial charge >= 0.3 is 11.9 Å². The summed E-state index contributed by atoms with van der Waals surface area (Å²) in [5, 5.41) is 0. The van der Waals surface area contributed by atoms with Crippen LogP contribution in [0.15, 0.2) is 41.3 Å². The molecule has 32 heavy (non-hydrogen) atoms. The molecule has 0 N–H and O–H groups in total. The van der Waals surface area contributed by atoms with Crippen molar-refractivity contribution < 1.29 is 32.2 Å². The zero-order valence-electron chi connectivity index (χ0n) is 19.4. The van der Waals surface area contributed by atoms with Crippen LogP contribution in [0.1, 0.15) is 47.0 Å². The zero-order valence-corrected chi connectivity index (χ0v) is 20.2. The summed E-state index contributed by atoms with van der Waals surface area (Å²) in [5.74, 6) is -1.19. The second-order valence-electron chi connectivity index (χ2n) is 8.54. The second kappa shape index (κ2) is 11.0. The lowest BCUT2D eigenvalue weighted by molar-refractivity contribution is -0.161. The molecule has 0 aromatic heterocycles. The number of carbonyl (C=O) groups is 2. The van der Waals surface area contributed by atoms with Gasteiger partial charge in [0.25, 0.3) is 0 Å². The molecule has 1 aliphatic heterocycles. The smallest absolute Gasteiger partial charge is 0.330 e. The van der Waals surface area contributed by atoms with Crippen molar-refractivity contribution in [3.8, 4) is 5.75 Å². The van der Waals surface area contributed by atoms with Crippen LogP contribution in [-0.4, -0.2) is 56.6 Å². The van der Waals surface area contributed by atoms with Crippen LogP contribution in [0.5, 0.6) is 5.75 Å². The van der Waals surface area contributed by atoms with Crippen molar-refractivity contribution in [2.24, 2.45) is 5.92 Å². The fourth-order valence-corrected chi connectivity index (χ4v) is 5.22. The van der Waals surface area contributed by atoms with E-state index in [4.69, 9.17) is 14.2 Å². The van der Waals surface area contributed by atoms with E-state index in [1.165, 1.54) is 29.6 Å². The quantitative estimate of drug-likeness (QED) is 0.448. The van der Waals surface area contributed by atoms with Gasteiger partial charge < -0.3 is 14.2 Å². The standard InChI is InChI=1S/C23H33NO7S/c1-6-30-20(25)15-10-17-9-7-8-16-24(21(17)22(26)31-23(2,3)4)32(27,28)19-13-11-18(29-5)12-14-19/h10-15,17,21H,6-9,16H2,1-5H3. The fourth-order valence-electron chi connectivity index (χ4n) is 3.56. The molecule has 0 amide bonds. The van der Waals surface area contributed by atoms with Crippen LogP contribution in [0.3, 0.4) is 0 Å². The summed E-state index contributed by atoms with van der Waals surface area (Å²) in [5.41, 5.74) is -0.797. The zero-order chi connectivity index (χ0) is 23.9. The van der Waals surface area contributed by atoms with Crippen molar-refractivity contribution in [3.05, 3.63) is 36.4 Å². The molecule has 1 heterocycles. The van der Waals surface area contributed by atoms with Crippen LogP contribution in [-0.2, 0) is 29.1 Å². The van der Waals surface area contributed by atoms with Crippen molar-refractivity contribution in [1.82, 2.24) is 4.31 Å². The molecule has 0 radical (unpaired) electrons. The van der Waals surface area contributed by atoms with Gasteiger partial charge in [-0.3, -0.25) is 4.79 Å². The number of hydrogen-bond donors (Lipinski definition) is 0. The summed E-state index contributed by atoms with van der Waals surface area (Å²) in [4.78, 5) is 25.2. The molecule has 1 aromatic carbocycles.